The summed E-state index contributed by atoms with van der Waals surface area (Å²) in [5, 5.41) is 9.82. The maximum absolute atomic E-state index is 12.7. The third-order valence-corrected chi connectivity index (χ3v) is 6.85. The third-order valence-electron chi connectivity index (χ3n) is 3.84. The Kier molecular flexibility index (Phi) is 4.97. The van der Waals surface area contributed by atoms with Crippen LogP contribution in [0.5, 0.6) is 0 Å². The molecule has 1 heterocycles. The Hall–Kier alpha value is -0.630. The summed E-state index contributed by atoms with van der Waals surface area (Å²) in [6.45, 7) is 6.91. The van der Waals surface area contributed by atoms with Crippen LogP contribution < -0.4 is 4.90 Å². The Balaban J connectivity index is 2.54. The molecule has 0 aromatic heterocycles. The number of nitrogens with zero attached hydrogens (tertiary/aromatic N) is 2. The number of hydrogen-bond acceptors (Lipinski definition) is 4. The van der Waals surface area contributed by atoms with Crippen LogP contribution >= 0.6 is 15.9 Å². The molecule has 1 aromatic rings. The first-order valence-corrected chi connectivity index (χ1v) is 9.33. The summed E-state index contributed by atoms with van der Waals surface area (Å²) in [5.74, 6) is 0. The van der Waals surface area contributed by atoms with Crippen LogP contribution in [-0.4, -0.2) is 43.7 Å². The number of fused-ring (bicyclic) bond motifs is 1. The SMILES string of the molecule is CCN(CC)S(=O)(=O)c1cc2c(cc1Br)CCN2C(C)O. The van der Waals surface area contributed by atoms with Crippen LogP contribution in [0.1, 0.15) is 26.3 Å². The van der Waals surface area contributed by atoms with Crippen molar-refractivity contribution in [3.05, 3.63) is 22.2 Å². The molecule has 1 unspecified atom stereocenters. The summed E-state index contributed by atoms with van der Waals surface area (Å²) in [6.07, 6.45) is 0.182. The quantitative estimate of drug-likeness (QED) is 0.855. The van der Waals surface area contributed by atoms with Crippen molar-refractivity contribution >= 4 is 31.6 Å². The van der Waals surface area contributed by atoms with Crippen molar-refractivity contribution in [1.29, 1.82) is 0 Å². The van der Waals surface area contributed by atoms with Gasteiger partial charge in [0.1, 0.15) is 6.23 Å². The van der Waals surface area contributed by atoms with E-state index in [9.17, 15) is 13.5 Å². The summed E-state index contributed by atoms with van der Waals surface area (Å²) in [4.78, 5) is 2.08. The highest BCUT2D eigenvalue weighted by atomic mass is 79.9. The zero-order chi connectivity index (χ0) is 15.8. The normalized spacial score (nSPS) is 16.4. The van der Waals surface area contributed by atoms with Crippen LogP contribution in [0.2, 0.25) is 0 Å². The van der Waals surface area contributed by atoms with Gasteiger partial charge in [-0.3, -0.25) is 0 Å². The highest BCUT2D eigenvalue weighted by Crippen LogP contribution is 2.37. The Labute approximate surface area is 134 Å². The molecule has 1 N–H and O–H groups in total. The second kappa shape index (κ2) is 6.24. The molecule has 7 heteroatoms. The zero-order valence-electron chi connectivity index (χ0n) is 12.5. The molecule has 0 aliphatic carbocycles. The molecule has 0 amide bonds. The number of rotatable bonds is 5. The number of aliphatic hydroxyl groups excluding tert-OH is 1. The van der Waals surface area contributed by atoms with E-state index in [1.165, 1.54) is 4.31 Å². The van der Waals surface area contributed by atoms with Gasteiger partial charge in [0.15, 0.2) is 0 Å². The fourth-order valence-corrected chi connectivity index (χ4v) is 5.23. The summed E-state index contributed by atoms with van der Waals surface area (Å²) < 4.78 is 27.4. The lowest BCUT2D eigenvalue weighted by molar-refractivity contribution is 0.191. The number of benzene rings is 1. The van der Waals surface area contributed by atoms with E-state index in [1.807, 2.05) is 24.8 Å². The third kappa shape index (κ3) is 2.97. The van der Waals surface area contributed by atoms with E-state index in [0.29, 0.717) is 24.1 Å². The molecule has 21 heavy (non-hydrogen) atoms. The predicted octanol–water partition coefficient (Wildman–Crippen LogP) is 2.18. The van der Waals surface area contributed by atoms with Gasteiger partial charge in [-0.15, -0.1) is 0 Å². The second-order valence-electron chi connectivity index (χ2n) is 5.08. The molecule has 1 aromatic carbocycles. The summed E-state index contributed by atoms with van der Waals surface area (Å²) in [6, 6.07) is 3.53. The number of sulfonamides is 1. The highest BCUT2D eigenvalue weighted by molar-refractivity contribution is 9.10. The van der Waals surface area contributed by atoms with Gasteiger partial charge in [0.25, 0.3) is 0 Å². The predicted molar refractivity (Wildman–Crippen MR) is 87.0 cm³/mol. The Morgan fingerprint density at radius 3 is 2.52 bits per heavy atom. The molecule has 0 radical (unpaired) electrons. The lowest BCUT2D eigenvalue weighted by Crippen LogP contribution is -2.32. The standard InChI is InChI=1S/C14H21BrN2O3S/c1-4-16(5-2)21(19,20)14-9-13-11(8-12(14)15)6-7-17(13)10(3)18/h8-10,18H,4-7H2,1-3H3. The molecular formula is C14H21BrN2O3S. The molecular weight excluding hydrogens is 356 g/mol. The molecule has 0 bridgehead atoms. The van der Waals surface area contributed by atoms with Crippen molar-refractivity contribution in [2.75, 3.05) is 24.5 Å². The monoisotopic (exact) mass is 376 g/mol. The number of aliphatic hydroxyl groups is 1. The molecule has 118 valence electrons. The van der Waals surface area contributed by atoms with Gasteiger partial charge in [-0.25, -0.2) is 8.42 Å². The van der Waals surface area contributed by atoms with E-state index in [-0.39, 0.29) is 4.90 Å². The molecule has 1 atom stereocenters. The summed E-state index contributed by atoms with van der Waals surface area (Å²) in [5.41, 5.74) is 1.86. The van der Waals surface area contributed by atoms with E-state index in [4.69, 9.17) is 0 Å². The molecule has 1 aliphatic rings. The van der Waals surface area contributed by atoms with Gasteiger partial charge < -0.3 is 10.0 Å². The lowest BCUT2D eigenvalue weighted by atomic mass is 10.2. The summed E-state index contributed by atoms with van der Waals surface area (Å²) >= 11 is 3.38. The van der Waals surface area contributed by atoms with Crippen molar-refractivity contribution in [1.82, 2.24) is 4.31 Å². The van der Waals surface area contributed by atoms with E-state index >= 15 is 0 Å². The molecule has 0 saturated carbocycles. The Morgan fingerprint density at radius 2 is 2.00 bits per heavy atom. The van der Waals surface area contributed by atoms with Gasteiger partial charge in [-0.2, -0.15) is 4.31 Å². The van der Waals surface area contributed by atoms with Crippen LogP contribution in [0.25, 0.3) is 0 Å². The van der Waals surface area contributed by atoms with E-state index in [1.54, 1.807) is 13.0 Å². The fourth-order valence-electron chi connectivity index (χ4n) is 2.70. The molecule has 0 spiro atoms. The Morgan fingerprint density at radius 1 is 1.38 bits per heavy atom. The zero-order valence-corrected chi connectivity index (χ0v) is 14.9. The molecule has 0 fully saturated rings. The molecule has 5 nitrogen and oxygen atoms in total. The van der Waals surface area contributed by atoms with Crippen molar-refractivity contribution in [2.24, 2.45) is 0 Å². The second-order valence-corrected chi connectivity index (χ2v) is 7.84. The fraction of sp³-hybridized carbons (Fsp3) is 0.571. The van der Waals surface area contributed by atoms with Crippen LogP contribution in [0, 0.1) is 0 Å². The molecule has 1 aliphatic heterocycles. The first-order valence-electron chi connectivity index (χ1n) is 7.10. The van der Waals surface area contributed by atoms with Gasteiger partial charge in [0.2, 0.25) is 10.0 Å². The minimum atomic E-state index is -3.52. The largest absolute Gasteiger partial charge is 0.374 e. The average molecular weight is 377 g/mol. The van der Waals surface area contributed by atoms with E-state index in [2.05, 4.69) is 15.9 Å². The minimum Gasteiger partial charge on any atom is -0.374 e. The van der Waals surface area contributed by atoms with Crippen molar-refractivity contribution < 1.29 is 13.5 Å². The molecule has 0 saturated heterocycles. The first kappa shape index (κ1) is 16.7. The van der Waals surface area contributed by atoms with Gasteiger partial charge in [0, 0.05) is 29.8 Å². The Bertz CT molecular complexity index is 627. The van der Waals surface area contributed by atoms with E-state index in [0.717, 1.165) is 17.7 Å². The van der Waals surface area contributed by atoms with Crippen molar-refractivity contribution in [3.8, 4) is 0 Å². The van der Waals surface area contributed by atoms with Gasteiger partial charge in [0.05, 0.1) is 4.90 Å². The van der Waals surface area contributed by atoms with Crippen LogP contribution in [0.3, 0.4) is 0 Å². The minimum absolute atomic E-state index is 0.262. The summed E-state index contributed by atoms with van der Waals surface area (Å²) in [7, 11) is -3.52. The number of halogens is 1. The number of anilines is 1. The first-order chi connectivity index (χ1) is 9.82. The smallest absolute Gasteiger partial charge is 0.244 e. The topological polar surface area (TPSA) is 60.9 Å². The maximum atomic E-state index is 12.7. The van der Waals surface area contributed by atoms with Crippen LogP contribution in [-0.2, 0) is 16.4 Å². The van der Waals surface area contributed by atoms with Crippen LogP contribution in [0.15, 0.2) is 21.5 Å². The maximum Gasteiger partial charge on any atom is 0.244 e. The highest BCUT2D eigenvalue weighted by Gasteiger charge is 2.29. The van der Waals surface area contributed by atoms with Gasteiger partial charge in [-0.1, -0.05) is 13.8 Å². The lowest BCUT2D eigenvalue weighted by Gasteiger charge is -2.24. The van der Waals surface area contributed by atoms with Gasteiger partial charge >= 0.3 is 0 Å². The molecule has 2 rings (SSSR count). The van der Waals surface area contributed by atoms with Crippen molar-refractivity contribution in [2.45, 2.75) is 38.3 Å². The number of hydrogen-bond donors (Lipinski definition) is 1. The van der Waals surface area contributed by atoms with Crippen LogP contribution in [0.4, 0.5) is 5.69 Å². The van der Waals surface area contributed by atoms with Gasteiger partial charge in [-0.05, 0) is 47.0 Å². The van der Waals surface area contributed by atoms with Crippen molar-refractivity contribution in [3.63, 3.8) is 0 Å². The average Bonchev–Trinajstić information content (AvgIpc) is 2.81. The van der Waals surface area contributed by atoms with E-state index < -0.39 is 16.3 Å².